The van der Waals surface area contributed by atoms with Gasteiger partial charge >= 0.3 is 162 Å². The van der Waals surface area contributed by atoms with Crippen molar-refractivity contribution < 1.29 is 65.2 Å². The van der Waals surface area contributed by atoms with Crippen LogP contribution in [0.2, 0.25) is 0 Å². The first-order valence-electron chi connectivity index (χ1n) is 6.58. The molecule has 0 spiro atoms. The Kier molecular flexibility index (Phi) is 9.79. The van der Waals surface area contributed by atoms with E-state index in [9.17, 15) is 19.2 Å². The van der Waals surface area contributed by atoms with Gasteiger partial charge in [0.1, 0.15) is 0 Å². The topological polar surface area (TPSA) is 114 Å². The predicted molar refractivity (Wildman–Crippen MR) is 73.1 cm³/mol. The average Bonchev–Trinajstić information content (AvgIpc) is 2.43. The summed E-state index contributed by atoms with van der Waals surface area (Å²) in [5, 5.41) is -0.917. The maximum Gasteiger partial charge on any atom is 1.00 e. The zero-order valence-electron chi connectivity index (χ0n) is 13.3. The van der Waals surface area contributed by atoms with E-state index in [-0.39, 0.29) is 22.4 Å². The first kappa shape index (κ1) is 23.1. The fourth-order valence-corrected chi connectivity index (χ4v) is 2.77. The van der Waals surface area contributed by atoms with E-state index in [0.717, 1.165) is 27.9 Å². The Labute approximate surface area is 162 Å². The van der Waals surface area contributed by atoms with Crippen LogP contribution in [0.3, 0.4) is 0 Å². The molecule has 0 aromatic rings. The SMILES string of the molecule is COC(=O)C1OC([Se])C(OC(C)=O)C(OC(C)=O)C1OC(C)=O.[Au+]. The van der Waals surface area contributed by atoms with Crippen molar-refractivity contribution in [1.29, 1.82) is 0 Å². The van der Waals surface area contributed by atoms with Gasteiger partial charge in [-0.3, -0.25) is 0 Å². The van der Waals surface area contributed by atoms with Crippen molar-refractivity contribution in [3.05, 3.63) is 0 Å². The van der Waals surface area contributed by atoms with Gasteiger partial charge in [0.25, 0.3) is 0 Å². The maximum absolute atomic E-state index is 11.9. The van der Waals surface area contributed by atoms with E-state index in [0.29, 0.717) is 0 Å². The van der Waals surface area contributed by atoms with Crippen molar-refractivity contribution in [1.82, 2.24) is 0 Å². The van der Waals surface area contributed by atoms with Gasteiger partial charge in [0, 0.05) is 0 Å². The third kappa shape index (κ3) is 6.19. The Morgan fingerprint density at radius 3 is 1.67 bits per heavy atom. The molecule has 1 rings (SSSR count). The summed E-state index contributed by atoms with van der Waals surface area (Å²) in [5.74, 6) is -2.92. The van der Waals surface area contributed by atoms with Crippen molar-refractivity contribution in [2.75, 3.05) is 7.11 Å². The van der Waals surface area contributed by atoms with Crippen LogP contribution in [0, 0.1) is 0 Å². The number of ether oxygens (including phenoxy) is 5. The minimum atomic E-state index is -1.34. The number of carbonyl (C=O) groups is 4. The van der Waals surface area contributed by atoms with Gasteiger partial charge in [-0.25, -0.2) is 0 Å². The van der Waals surface area contributed by atoms with Crippen LogP contribution in [-0.4, -0.2) is 76.4 Å². The summed E-state index contributed by atoms with van der Waals surface area (Å²) in [5.41, 5.74) is 0. The van der Waals surface area contributed by atoms with Crippen LogP contribution in [0.15, 0.2) is 0 Å². The van der Waals surface area contributed by atoms with Crippen molar-refractivity contribution in [3.63, 3.8) is 0 Å². The van der Waals surface area contributed by atoms with Crippen LogP contribution in [-0.2, 0) is 65.2 Å². The molecule has 1 radical (unpaired) electrons. The Morgan fingerprint density at radius 1 is 0.833 bits per heavy atom. The first-order valence-corrected chi connectivity index (χ1v) is 7.57. The molecule has 1 aliphatic rings. The Bertz CT molecular complexity index is 498. The largest absolute Gasteiger partial charge is 1.00 e. The van der Waals surface area contributed by atoms with Crippen LogP contribution >= 0.6 is 0 Å². The summed E-state index contributed by atoms with van der Waals surface area (Å²) in [7, 11) is 1.13. The molecule has 1 heterocycles. The molecule has 1 aliphatic heterocycles. The number of rotatable bonds is 4. The van der Waals surface area contributed by atoms with E-state index in [4.69, 9.17) is 18.9 Å². The summed E-state index contributed by atoms with van der Waals surface area (Å²) >= 11 is 2.58. The van der Waals surface area contributed by atoms with Crippen LogP contribution in [0.5, 0.6) is 0 Å². The smallest absolute Gasteiger partial charge is 1.00 e. The average molecular weight is 593 g/mol. The predicted octanol–water partition coefficient (Wildman–Crippen LogP) is -1.15. The molecule has 0 saturated carbocycles. The molecule has 11 heteroatoms. The Balaban J connectivity index is 0.00000529. The molecular formula is C13H17AuO9Se+. The first-order chi connectivity index (χ1) is 10.7. The third-order valence-electron chi connectivity index (χ3n) is 2.83. The molecule has 0 N–H and O–H groups in total. The Morgan fingerprint density at radius 2 is 1.25 bits per heavy atom. The zero-order chi connectivity index (χ0) is 17.7. The molecule has 0 aromatic heterocycles. The molecule has 1 fully saturated rings. The number of hydrogen-bond acceptors (Lipinski definition) is 9. The standard InChI is InChI=1S/C13H17O9Se.Au/c1-5(14)19-8-9(20-6(2)15)11(21-7(3)16)13(23)22-10(8)12(17)18-4;/h8-11,13H,1-4H3;/q;+1. The van der Waals surface area contributed by atoms with E-state index in [2.05, 4.69) is 20.7 Å². The van der Waals surface area contributed by atoms with Crippen molar-refractivity contribution in [3.8, 4) is 0 Å². The summed E-state index contributed by atoms with van der Waals surface area (Å²) in [6.07, 6.45) is -4.99. The zero-order valence-corrected chi connectivity index (χ0v) is 17.2. The van der Waals surface area contributed by atoms with Gasteiger partial charge in [-0.15, -0.1) is 0 Å². The summed E-state index contributed by atoms with van der Waals surface area (Å²) < 4.78 is 25.2. The van der Waals surface area contributed by atoms with E-state index in [1.54, 1.807) is 0 Å². The molecule has 0 aromatic carbocycles. The van der Waals surface area contributed by atoms with Crippen LogP contribution < -0.4 is 0 Å². The quantitative estimate of drug-likeness (QED) is 0.227. The number of hydrogen-bond donors (Lipinski definition) is 0. The van der Waals surface area contributed by atoms with Crippen molar-refractivity contribution >= 4 is 39.9 Å². The van der Waals surface area contributed by atoms with Crippen molar-refractivity contribution in [2.45, 2.75) is 50.2 Å². The van der Waals surface area contributed by atoms with Gasteiger partial charge in [0.2, 0.25) is 0 Å². The Hall–Kier alpha value is -0.900. The summed E-state index contributed by atoms with van der Waals surface area (Å²) in [6.45, 7) is 3.40. The van der Waals surface area contributed by atoms with E-state index in [1.165, 1.54) is 0 Å². The van der Waals surface area contributed by atoms with Gasteiger partial charge in [-0.2, -0.15) is 0 Å². The molecule has 139 valence electrons. The molecule has 0 bridgehead atoms. The van der Waals surface area contributed by atoms with Crippen LogP contribution in [0.4, 0.5) is 0 Å². The fraction of sp³-hybridized carbons (Fsp3) is 0.692. The maximum atomic E-state index is 11.9. The minimum Gasteiger partial charge on any atom is 1.00 e. The molecule has 1 saturated heterocycles. The van der Waals surface area contributed by atoms with Gasteiger partial charge in [-0.05, 0) is 0 Å². The third-order valence-corrected chi connectivity index (χ3v) is 3.63. The molecule has 5 atom stereocenters. The minimum absolute atomic E-state index is 0. The van der Waals surface area contributed by atoms with E-state index >= 15 is 0 Å². The van der Waals surface area contributed by atoms with Gasteiger partial charge in [0.15, 0.2) is 0 Å². The second kappa shape index (κ2) is 10.2. The van der Waals surface area contributed by atoms with Gasteiger partial charge < -0.3 is 0 Å². The van der Waals surface area contributed by atoms with E-state index in [1.807, 2.05) is 0 Å². The molecule has 0 amide bonds. The number of esters is 4. The van der Waals surface area contributed by atoms with Crippen molar-refractivity contribution in [2.24, 2.45) is 0 Å². The number of methoxy groups -OCH3 is 1. The molecule has 5 unspecified atom stereocenters. The fourth-order valence-electron chi connectivity index (χ4n) is 2.08. The van der Waals surface area contributed by atoms with Crippen LogP contribution in [0.1, 0.15) is 20.8 Å². The van der Waals surface area contributed by atoms with E-state index < -0.39 is 53.3 Å². The second-order valence-corrected chi connectivity index (χ2v) is 5.65. The van der Waals surface area contributed by atoms with Crippen LogP contribution in [0.25, 0.3) is 0 Å². The molecular weight excluding hydrogens is 576 g/mol. The normalized spacial score (nSPS) is 28.8. The number of carbonyl (C=O) groups excluding carboxylic acids is 4. The molecule has 24 heavy (non-hydrogen) atoms. The second-order valence-electron chi connectivity index (χ2n) is 4.67. The molecule has 0 aliphatic carbocycles. The monoisotopic (exact) mass is 594 g/mol. The summed E-state index contributed by atoms with van der Waals surface area (Å²) in [6, 6.07) is 0. The molecule has 9 nitrogen and oxygen atoms in total. The van der Waals surface area contributed by atoms with Gasteiger partial charge in [0.05, 0.1) is 0 Å². The summed E-state index contributed by atoms with van der Waals surface area (Å²) in [4.78, 5) is 45.8. The van der Waals surface area contributed by atoms with Gasteiger partial charge in [-0.1, -0.05) is 0 Å².